The van der Waals surface area contributed by atoms with Gasteiger partial charge in [0, 0.05) is 17.0 Å². The molecule has 0 aliphatic carbocycles. The van der Waals surface area contributed by atoms with Crippen LogP contribution in [0.4, 0.5) is 5.69 Å². The van der Waals surface area contributed by atoms with E-state index in [1.165, 1.54) is 11.1 Å². The number of ether oxygens (including phenoxy) is 1. The van der Waals surface area contributed by atoms with Gasteiger partial charge in [-0.1, -0.05) is 24.3 Å². The molecule has 0 spiro atoms. The molecule has 0 radical (unpaired) electrons. The summed E-state index contributed by atoms with van der Waals surface area (Å²) in [6, 6.07) is 18.2. The van der Waals surface area contributed by atoms with Crippen LogP contribution in [0.5, 0.6) is 5.75 Å². The molecule has 8 heteroatoms. The molecule has 0 bridgehead atoms. The van der Waals surface area contributed by atoms with Crippen LogP contribution in [0.25, 0.3) is 10.8 Å². The van der Waals surface area contributed by atoms with Crippen molar-refractivity contribution in [2.75, 3.05) is 18.1 Å². The molecule has 0 saturated heterocycles. The Kier molecular flexibility index (Phi) is 6.35. The Labute approximate surface area is 191 Å². The Morgan fingerprint density at radius 2 is 1.76 bits per heavy atom. The number of benzene rings is 3. The fraction of sp³-hybridized carbons (Fsp3) is 0.200. The molecule has 0 saturated carbocycles. The van der Waals surface area contributed by atoms with E-state index >= 15 is 0 Å². The second-order valence-corrected chi connectivity index (χ2v) is 7.95. The van der Waals surface area contributed by atoms with Crippen LogP contribution in [-0.2, 0) is 9.59 Å². The van der Waals surface area contributed by atoms with Crippen molar-refractivity contribution in [1.29, 1.82) is 0 Å². The summed E-state index contributed by atoms with van der Waals surface area (Å²) in [4.78, 5) is 38.3. The number of carbonyl (C=O) groups excluding carboxylic acids is 3. The number of hydrogen-bond acceptors (Lipinski definition) is 5. The van der Waals surface area contributed by atoms with Gasteiger partial charge in [-0.25, -0.2) is 5.43 Å². The molecule has 3 aromatic rings. The van der Waals surface area contributed by atoms with Crippen LogP contribution >= 0.6 is 0 Å². The Hall–Kier alpha value is -4.20. The summed E-state index contributed by atoms with van der Waals surface area (Å²) in [5.41, 5.74) is 4.53. The Balaban J connectivity index is 1.31. The molecule has 33 heavy (non-hydrogen) atoms. The van der Waals surface area contributed by atoms with Crippen molar-refractivity contribution in [3.05, 3.63) is 71.8 Å². The van der Waals surface area contributed by atoms with E-state index in [0.717, 1.165) is 22.0 Å². The third-order valence-electron chi connectivity index (χ3n) is 5.05. The highest BCUT2D eigenvalue weighted by Crippen LogP contribution is 2.36. The van der Waals surface area contributed by atoms with Crippen LogP contribution in [0, 0.1) is 0 Å². The van der Waals surface area contributed by atoms with Gasteiger partial charge in [0.05, 0.1) is 11.9 Å². The Morgan fingerprint density at radius 1 is 1.03 bits per heavy atom. The quantitative estimate of drug-likeness (QED) is 0.412. The molecular weight excluding hydrogens is 420 g/mol. The minimum absolute atomic E-state index is 0.0579. The summed E-state index contributed by atoms with van der Waals surface area (Å²) < 4.78 is 5.44. The number of rotatable bonds is 8. The number of nitrogens with one attached hydrogen (secondary N) is 2. The normalized spacial score (nSPS) is 12.6. The zero-order chi connectivity index (χ0) is 23.4. The molecule has 1 heterocycles. The lowest BCUT2D eigenvalue weighted by molar-refractivity contribution is -0.123. The van der Waals surface area contributed by atoms with Crippen LogP contribution in [0.1, 0.15) is 29.8 Å². The Morgan fingerprint density at radius 3 is 2.48 bits per heavy atom. The lowest BCUT2D eigenvalue weighted by Crippen LogP contribution is -2.37. The molecule has 3 aromatic carbocycles. The molecule has 4 rings (SSSR count). The smallest absolute Gasteiger partial charge is 0.260 e. The van der Waals surface area contributed by atoms with Crippen LogP contribution in [-0.4, -0.2) is 43.1 Å². The second-order valence-electron chi connectivity index (χ2n) is 7.95. The lowest BCUT2D eigenvalue weighted by Gasteiger charge is -2.16. The van der Waals surface area contributed by atoms with Crippen molar-refractivity contribution in [2.45, 2.75) is 19.9 Å². The highest BCUT2D eigenvalue weighted by Gasteiger charge is 2.30. The standard InChI is InChI=1S/C25H24N4O4/c1-16(2)27-23(31)15-33-19-11-9-17(10-12-19)13-26-28-22(30)14-29-21-8-4-6-18-5-3-7-20(24(18)21)25(29)32/h3-13,16H,14-15H2,1-2H3,(H,27,31)(H,28,30)/b26-13+. The molecule has 0 aromatic heterocycles. The van der Waals surface area contributed by atoms with Crippen molar-refractivity contribution < 1.29 is 19.1 Å². The number of hydrogen-bond donors (Lipinski definition) is 2. The minimum atomic E-state index is -0.402. The zero-order valence-electron chi connectivity index (χ0n) is 18.4. The zero-order valence-corrected chi connectivity index (χ0v) is 18.4. The van der Waals surface area contributed by atoms with E-state index in [2.05, 4.69) is 15.8 Å². The van der Waals surface area contributed by atoms with E-state index < -0.39 is 5.91 Å². The van der Waals surface area contributed by atoms with E-state index in [9.17, 15) is 14.4 Å². The van der Waals surface area contributed by atoms with E-state index in [4.69, 9.17) is 4.74 Å². The molecule has 1 aliphatic heterocycles. The highest BCUT2D eigenvalue weighted by atomic mass is 16.5. The first-order valence-corrected chi connectivity index (χ1v) is 10.6. The number of nitrogens with zero attached hydrogens (tertiary/aromatic N) is 2. The summed E-state index contributed by atoms with van der Waals surface area (Å²) >= 11 is 0. The van der Waals surface area contributed by atoms with E-state index in [-0.39, 0.29) is 31.0 Å². The predicted octanol–water partition coefficient (Wildman–Crippen LogP) is 2.85. The van der Waals surface area contributed by atoms with Crippen molar-refractivity contribution in [3.63, 3.8) is 0 Å². The van der Waals surface area contributed by atoms with Crippen LogP contribution < -0.4 is 20.4 Å². The maximum absolute atomic E-state index is 12.8. The predicted molar refractivity (Wildman–Crippen MR) is 127 cm³/mol. The first-order valence-electron chi connectivity index (χ1n) is 10.6. The van der Waals surface area contributed by atoms with Gasteiger partial charge in [0.25, 0.3) is 17.7 Å². The molecule has 3 amide bonds. The van der Waals surface area contributed by atoms with E-state index in [1.54, 1.807) is 30.3 Å². The molecule has 1 aliphatic rings. The van der Waals surface area contributed by atoms with Gasteiger partial charge in [0.1, 0.15) is 12.3 Å². The second kappa shape index (κ2) is 9.52. The molecular formula is C25H24N4O4. The number of carbonyl (C=O) groups is 3. The maximum atomic E-state index is 12.8. The van der Waals surface area contributed by atoms with Gasteiger partial charge in [-0.15, -0.1) is 0 Å². The van der Waals surface area contributed by atoms with Gasteiger partial charge in [-0.3, -0.25) is 19.3 Å². The Bertz CT molecular complexity index is 1230. The molecule has 2 N–H and O–H groups in total. The van der Waals surface area contributed by atoms with Crippen molar-refractivity contribution in [2.24, 2.45) is 5.10 Å². The monoisotopic (exact) mass is 444 g/mol. The maximum Gasteiger partial charge on any atom is 0.260 e. The van der Waals surface area contributed by atoms with Gasteiger partial charge in [0.15, 0.2) is 6.61 Å². The third kappa shape index (κ3) is 5.01. The van der Waals surface area contributed by atoms with Gasteiger partial charge >= 0.3 is 0 Å². The van der Waals surface area contributed by atoms with E-state index in [0.29, 0.717) is 11.3 Å². The first-order chi connectivity index (χ1) is 15.9. The third-order valence-corrected chi connectivity index (χ3v) is 5.05. The van der Waals surface area contributed by atoms with Crippen LogP contribution in [0.3, 0.4) is 0 Å². The minimum Gasteiger partial charge on any atom is -0.484 e. The summed E-state index contributed by atoms with van der Waals surface area (Å²) in [6.45, 7) is 3.57. The molecule has 0 atom stereocenters. The molecule has 8 nitrogen and oxygen atoms in total. The van der Waals surface area contributed by atoms with Crippen molar-refractivity contribution >= 4 is 40.4 Å². The number of anilines is 1. The van der Waals surface area contributed by atoms with Gasteiger partial charge < -0.3 is 10.1 Å². The largest absolute Gasteiger partial charge is 0.484 e. The molecule has 168 valence electrons. The van der Waals surface area contributed by atoms with Crippen molar-refractivity contribution in [3.8, 4) is 5.75 Å². The van der Waals surface area contributed by atoms with Crippen LogP contribution in [0.2, 0.25) is 0 Å². The molecule has 0 unspecified atom stereocenters. The summed E-state index contributed by atoms with van der Waals surface area (Å²) in [5.74, 6) is -0.232. The SMILES string of the molecule is CC(C)NC(=O)COc1ccc(/C=N/NC(=O)CN2C(=O)c3cccc4cccc2c34)cc1. The average Bonchev–Trinajstić information content (AvgIpc) is 3.06. The lowest BCUT2D eigenvalue weighted by atomic mass is 10.1. The summed E-state index contributed by atoms with van der Waals surface area (Å²) in [5, 5.41) is 8.56. The molecule has 0 fully saturated rings. The number of amides is 3. The number of hydrazone groups is 1. The fourth-order valence-electron chi connectivity index (χ4n) is 3.66. The summed E-state index contributed by atoms with van der Waals surface area (Å²) in [7, 11) is 0. The van der Waals surface area contributed by atoms with Gasteiger partial charge in [0.2, 0.25) is 0 Å². The van der Waals surface area contributed by atoms with Crippen LogP contribution in [0.15, 0.2) is 65.8 Å². The topological polar surface area (TPSA) is 100 Å². The average molecular weight is 444 g/mol. The first kappa shape index (κ1) is 22.0. The fourth-order valence-corrected chi connectivity index (χ4v) is 3.66. The van der Waals surface area contributed by atoms with Gasteiger partial charge in [-0.05, 0) is 61.2 Å². The van der Waals surface area contributed by atoms with E-state index in [1.807, 2.05) is 44.2 Å². The van der Waals surface area contributed by atoms with Gasteiger partial charge in [-0.2, -0.15) is 5.10 Å². The van der Waals surface area contributed by atoms with Crippen molar-refractivity contribution in [1.82, 2.24) is 10.7 Å². The highest BCUT2D eigenvalue weighted by molar-refractivity contribution is 6.26. The summed E-state index contributed by atoms with van der Waals surface area (Å²) in [6.07, 6.45) is 1.49.